The minimum atomic E-state index is -0.275. The van der Waals surface area contributed by atoms with Gasteiger partial charge < -0.3 is 20.1 Å². The van der Waals surface area contributed by atoms with Crippen molar-refractivity contribution in [3.05, 3.63) is 24.5 Å². The maximum absolute atomic E-state index is 13.0. The van der Waals surface area contributed by atoms with Gasteiger partial charge in [-0.05, 0) is 46.0 Å². The summed E-state index contributed by atoms with van der Waals surface area (Å²) in [5, 5.41) is 6.73. The van der Waals surface area contributed by atoms with Gasteiger partial charge in [0.05, 0.1) is 5.56 Å². The van der Waals surface area contributed by atoms with Crippen LogP contribution in [0.2, 0.25) is 0 Å². The molecule has 0 radical (unpaired) electrons. The first-order valence-electron chi connectivity index (χ1n) is 12.3. The van der Waals surface area contributed by atoms with Crippen molar-refractivity contribution < 1.29 is 4.79 Å². The third-order valence-corrected chi connectivity index (χ3v) is 6.12. The van der Waals surface area contributed by atoms with Crippen molar-refractivity contribution in [2.24, 2.45) is 5.41 Å². The Balaban J connectivity index is 1.50. The lowest BCUT2D eigenvalue weighted by Crippen LogP contribution is -2.51. The number of hydrogen-bond acceptors (Lipinski definition) is 7. The number of aryl methyl sites for hydroxylation is 2. The molecular weight excluding hydrogens is 442 g/mol. The van der Waals surface area contributed by atoms with Crippen LogP contribution in [0.4, 0.5) is 10.6 Å². The van der Waals surface area contributed by atoms with Gasteiger partial charge in [-0.15, -0.1) is 0 Å². The summed E-state index contributed by atoms with van der Waals surface area (Å²) in [4.78, 5) is 37.3. The minimum Gasteiger partial charge on any atom is -0.364 e. The second-order valence-electron chi connectivity index (χ2n) is 11.2. The van der Waals surface area contributed by atoms with E-state index in [0.29, 0.717) is 36.8 Å². The van der Waals surface area contributed by atoms with Gasteiger partial charge in [0.1, 0.15) is 18.0 Å². The molecule has 0 spiro atoms. The first kappa shape index (κ1) is 24.8. The highest BCUT2D eigenvalue weighted by Crippen LogP contribution is 2.29. The van der Waals surface area contributed by atoms with Crippen molar-refractivity contribution >= 4 is 23.0 Å². The third-order valence-electron chi connectivity index (χ3n) is 6.12. The lowest BCUT2D eigenvalue weighted by molar-refractivity contribution is 0.183. The largest absolute Gasteiger partial charge is 0.364 e. The Bertz CT molecular complexity index is 1190. The molecule has 0 bridgehead atoms. The highest BCUT2D eigenvalue weighted by molar-refractivity contribution is 5.86. The summed E-state index contributed by atoms with van der Waals surface area (Å²) in [6, 6.07) is 0.0656. The van der Waals surface area contributed by atoms with E-state index in [4.69, 9.17) is 4.98 Å². The van der Waals surface area contributed by atoms with Gasteiger partial charge in [-0.2, -0.15) is 0 Å². The predicted molar refractivity (Wildman–Crippen MR) is 137 cm³/mol. The van der Waals surface area contributed by atoms with E-state index >= 15 is 0 Å². The second kappa shape index (κ2) is 9.39. The molecule has 1 saturated heterocycles. The van der Waals surface area contributed by atoms with E-state index in [0.717, 1.165) is 29.9 Å². The Morgan fingerprint density at radius 2 is 1.83 bits per heavy atom. The van der Waals surface area contributed by atoms with Crippen LogP contribution in [-0.2, 0) is 6.54 Å². The van der Waals surface area contributed by atoms with Crippen molar-refractivity contribution in [2.45, 2.75) is 79.4 Å². The number of carbonyl (C=O) groups is 1. The zero-order chi connectivity index (χ0) is 25.4. The van der Waals surface area contributed by atoms with E-state index in [9.17, 15) is 4.79 Å². The van der Waals surface area contributed by atoms with Gasteiger partial charge in [0.15, 0.2) is 17.0 Å². The van der Waals surface area contributed by atoms with E-state index in [1.165, 1.54) is 0 Å². The molecule has 4 rings (SSSR count). The summed E-state index contributed by atoms with van der Waals surface area (Å²) in [5.74, 6) is 2.16. The number of fused-ring (bicyclic) bond motifs is 1. The van der Waals surface area contributed by atoms with Crippen LogP contribution < -0.4 is 10.6 Å². The number of aromatic nitrogens is 6. The Hall–Kier alpha value is -3.30. The van der Waals surface area contributed by atoms with Gasteiger partial charge in [0, 0.05) is 43.6 Å². The number of hydrogen-bond donors (Lipinski definition) is 2. The van der Waals surface area contributed by atoms with E-state index in [1.807, 2.05) is 16.4 Å². The van der Waals surface area contributed by atoms with Crippen molar-refractivity contribution in [1.29, 1.82) is 0 Å². The molecule has 1 aliphatic rings. The number of carbonyl (C=O) groups excluding carboxylic acids is 1. The summed E-state index contributed by atoms with van der Waals surface area (Å²) >= 11 is 0. The van der Waals surface area contributed by atoms with Crippen molar-refractivity contribution in [3.8, 4) is 11.4 Å². The second-order valence-corrected chi connectivity index (χ2v) is 11.2. The molecule has 3 aromatic heterocycles. The van der Waals surface area contributed by atoms with Gasteiger partial charge >= 0.3 is 6.03 Å². The van der Waals surface area contributed by atoms with Crippen LogP contribution in [0.3, 0.4) is 0 Å². The number of imidazole rings is 1. The predicted octanol–water partition coefficient (Wildman–Crippen LogP) is 4.02. The molecule has 0 aliphatic carbocycles. The van der Waals surface area contributed by atoms with Crippen LogP contribution in [0.5, 0.6) is 0 Å². The van der Waals surface area contributed by atoms with Crippen molar-refractivity contribution in [1.82, 2.24) is 39.7 Å². The normalized spacial score (nSPS) is 16.7. The molecule has 0 aromatic carbocycles. The molecule has 1 aliphatic heterocycles. The van der Waals surface area contributed by atoms with Crippen LogP contribution in [-0.4, -0.2) is 65.1 Å². The SMILES string of the molecule is CCn1c(-c2cnc(C)nc2)nc2c(NC3CCN(C(=O)NC(C)(C)CC(C)(C)C)C3)ncnc21. The number of likely N-dealkylation sites (tertiary alicyclic amines) is 1. The van der Waals surface area contributed by atoms with Crippen LogP contribution in [0.25, 0.3) is 22.6 Å². The fraction of sp³-hybridized carbons (Fsp3) is 0.600. The number of anilines is 1. The number of nitrogens with zero attached hydrogens (tertiary/aromatic N) is 7. The molecule has 188 valence electrons. The van der Waals surface area contributed by atoms with Gasteiger partial charge in [-0.3, -0.25) is 0 Å². The van der Waals surface area contributed by atoms with E-state index < -0.39 is 0 Å². The number of urea groups is 1. The van der Waals surface area contributed by atoms with Gasteiger partial charge in [0.25, 0.3) is 0 Å². The fourth-order valence-electron chi connectivity index (χ4n) is 5.06. The number of amides is 2. The maximum Gasteiger partial charge on any atom is 0.317 e. The third kappa shape index (κ3) is 5.68. The fourth-order valence-corrected chi connectivity index (χ4v) is 5.06. The quantitative estimate of drug-likeness (QED) is 0.549. The van der Waals surface area contributed by atoms with Crippen LogP contribution in [0.1, 0.15) is 60.2 Å². The van der Waals surface area contributed by atoms with Gasteiger partial charge in [-0.1, -0.05) is 20.8 Å². The van der Waals surface area contributed by atoms with E-state index in [-0.39, 0.29) is 23.0 Å². The molecule has 1 unspecified atom stereocenters. The van der Waals surface area contributed by atoms with Crippen LogP contribution in [0, 0.1) is 12.3 Å². The topological polar surface area (TPSA) is 114 Å². The molecule has 3 aromatic rings. The Morgan fingerprint density at radius 1 is 1.11 bits per heavy atom. The van der Waals surface area contributed by atoms with Crippen LogP contribution >= 0.6 is 0 Å². The molecule has 10 heteroatoms. The number of rotatable bonds is 6. The summed E-state index contributed by atoms with van der Waals surface area (Å²) in [5.41, 5.74) is 2.16. The summed E-state index contributed by atoms with van der Waals surface area (Å²) in [6.45, 7) is 16.7. The minimum absolute atomic E-state index is 0.0201. The van der Waals surface area contributed by atoms with E-state index in [1.54, 1.807) is 18.7 Å². The molecule has 4 heterocycles. The molecule has 1 fully saturated rings. The monoisotopic (exact) mass is 479 g/mol. The molecule has 35 heavy (non-hydrogen) atoms. The Morgan fingerprint density at radius 3 is 2.49 bits per heavy atom. The van der Waals surface area contributed by atoms with Gasteiger partial charge in [0.2, 0.25) is 0 Å². The lowest BCUT2D eigenvalue weighted by Gasteiger charge is -2.34. The van der Waals surface area contributed by atoms with E-state index in [2.05, 4.69) is 72.1 Å². The summed E-state index contributed by atoms with van der Waals surface area (Å²) < 4.78 is 2.04. The zero-order valence-corrected chi connectivity index (χ0v) is 21.9. The molecule has 10 nitrogen and oxygen atoms in total. The average molecular weight is 480 g/mol. The average Bonchev–Trinajstić information content (AvgIpc) is 3.37. The lowest BCUT2D eigenvalue weighted by atomic mass is 9.82. The smallest absolute Gasteiger partial charge is 0.317 e. The van der Waals surface area contributed by atoms with Crippen LogP contribution in [0.15, 0.2) is 18.7 Å². The zero-order valence-electron chi connectivity index (χ0n) is 21.9. The van der Waals surface area contributed by atoms with Crippen molar-refractivity contribution in [2.75, 3.05) is 18.4 Å². The standard InChI is InChI=1S/C25H37N9O/c1-8-34-21(17-11-26-16(2)27-12-17)31-19-20(28-15-29-22(19)34)30-18-9-10-33(13-18)23(35)32-25(6,7)14-24(3,4)5/h11-12,15,18H,8-10,13-14H2,1-7H3,(H,32,35)(H,28,29,30). The molecule has 2 N–H and O–H groups in total. The summed E-state index contributed by atoms with van der Waals surface area (Å²) in [7, 11) is 0. The first-order chi connectivity index (χ1) is 16.5. The first-order valence-corrected chi connectivity index (χ1v) is 12.3. The van der Waals surface area contributed by atoms with Gasteiger partial charge in [-0.25, -0.2) is 29.7 Å². The summed E-state index contributed by atoms with van der Waals surface area (Å²) in [6.07, 6.45) is 6.86. The molecule has 2 amide bonds. The number of nitrogens with one attached hydrogen (secondary N) is 2. The highest BCUT2D eigenvalue weighted by Gasteiger charge is 2.32. The Kier molecular flexibility index (Phi) is 6.66. The molecule has 1 atom stereocenters. The molecular formula is C25H37N9O. The highest BCUT2D eigenvalue weighted by atomic mass is 16.2. The maximum atomic E-state index is 13.0. The molecule has 0 saturated carbocycles. The Labute approximate surface area is 207 Å². The van der Waals surface area contributed by atoms with Crippen molar-refractivity contribution in [3.63, 3.8) is 0 Å².